The van der Waals surface area contributed by atoms with E-state index in [1.165, 1.54) is 5.69 Å². The van der Waals surface area contributed by atoms with Gasteiger partial charge < -0.3 is 33.7 Å². The Morgan fingerprint density at radius 3 is 2.43 bits per heavy atom. The number of ether oxygens (including phenoxy) is 5. The number of nitrogens with zero attached hydrogens (tertiary/aromatic N) is 1. The quantitative estimate of drug-likeness (QED) is 0.600. The third-order valence-corrected chi connectivity index (χ3v) is 12.4. The van der Waals surface area contributed by atoms with Crippen molar-refractivity contribution in [2.45, 2.75) is 62.6 Å². The van der Waals surface area contributed by atoms with Crippen molar-refractivity contribution in [1.29, 1.82) is 0 Å². The second-order valence-electron chi connectivity index (χ2n) is 12.9. The van der Waals surface area contributed by atoms with Gasteiger partial charge in [0.1, 0.15) is 5.75 Å². The maximum absolute atomic E-state index is 12.4. The Bertz CT molecular complexity index is 1040. The zero-order chi connectivity index (χ0) is 25.7. The Hall–Kier alpha value is -1.38. The average Bonchev–Trinajstić information content (AvgIpc) is 3.33. The van der Waals surface area contributed by atoms with Crippen LogP contribution in [0, 0.1) is 39.9 Å². The summed E-state index contributed by atoms with van der Waals surface area (Å²) in [5, 5.41) is 12.4. The summed E-state index contributed by atoms with van der Waals surface area (Å²) in [4.78, 5) is 2.67. The molecule has 1 aliphatic heterocycles. The van der Waals surface area contributed by atoms with Crippen LogP contribution in [-0.4, -0.2) is 84.3 Å². The van der Waals surface area contributed by atoms with Gasteiger partial charge in [0.2, 0.25) is 0 Å². The highest BCUT2D eigenvalue weighted by Crippen LogP contribution is 2.82. The van der Waals surface area contributed by atoms with Gasteiger partial charge in [-0.1, -0.05) is 0 Å². The summed E-state index contributed by atoms with van der Waals surface area (Å²) in [5.41, 5.74) is 0.813. The van der Waals surface area contributed by atoms with Crippen LogP contribution >= 0.6 is 0 Å². The Labute approximate surface area is 220 Å². The van der Waals surface area contributed by atoms with E-state index in [2.05, 4.69) is 29.2 Å². The van der Waals surface area contributed by atoms with E-state index >= 15 is 0 Å². The molecule has 1 heterocycles. The molecule has 204 valence electrons. The molecule has 7 heteroatoms. The fourth-order valence-corrected chi connectivity index (χ4v) is 11.7. The van der Waals surface area contributed by atoms with E-state index in [1.807, 2.05) is 28.4 Å². The maximum Gasteiger partial charge on any atom is 0.119 e. The van der Waals surface area contributed by atoms with Gasteiger partial charge in [-0.15, -0.1) is 0 Å². The fourth-order valence-electron chi connectivity index (χ4n) is 11.7. The molecule has 5 unspecified atom stereocenters. The first kappa shape index (κ1) is 24.6. The maximum atomic E-state index is 12.4. The Morgan fingerprint density at radius 1 is 1.00 bits per heavy atom. The molecule has 0 amide bonds. The lowest BCUT2D eigenvalue weighted by Gasteiger charge is -2.73. The van der Waals surface area contributed by atoms with Crippen LogP contribution in [0.25, 0.3) is 0 Å². The molecule has 2 spiro atoms. The third kappa shape index (κ3) is 2.71. The van der Waals surface area contributed by atoms with Crippen molar-refractivity contribution < 1.29 is 28.8 Å². The number of anilines is 1. The van der Waals surface area contributed by atoms with E-state index in [4.69, 9.17) is 23.7 Å². The Morgan fingerprint density at radius 2 is 1.78 bits per heavy atom. The van der Waals surface area contributed by atoms with Crippen molar-refractivity contribution in [3.8, 4) is 5.75 Å². The molecule has 1 aromatic rings. The summed E-state index contributed by atoms with van der Waals surface area (Å²) in [5.74, 6) is 2.31. The highest BCUT2D eigenvalue weighted by Gasteiger charge is 2.86. The Balaban J connectivity index is 1.50. The molecular formula is C30H43NO6. The zero-order valence-corrected chi connectivity index (χ0v) is 22.9. The smallest absolute Gasteiger partial charge is 0.119 e. The minimum absolute atomic E-state index is 0.0251. The van der Waals surface area contributed by atoms with Crippen molar-refractivity contribution in [3.05, 3.63) is 24.3 Å². The first-order valence-corrected chi connectivity index (χ1v) is 14.1. The van der Waals surface area contributed by atoms with Crippen molar-refractivity contribution >= 4 is 5.69 Å². The van der Waals surface area contributed by atoms with E-state index in [0.717, 1.165) is 44.4 Å². The molecule has 1 aromatic carbocycles. The van der Waals surface area contributed by atoms with Crippen LogP contribution in [0.15, 0.2) is 24.3 Å². The summed E-state index contributed by atoms with van der Waals surface area (Å²) < 4.78 is 30.6. The SMILES string of the molecule is COC[C@@]12CC[C@H](OC)C34C5CC6[C@H](OC)C5[C@](C[C@@H]6OC)([C@H](O)CC31)[C@H]4N(c1ccc(OC)cc1)C2. The van der Waals surface area contributed by atoms with E-state index < -0.39 is 6.10 Å². The van der Waals surface area contributed by atoms with E-state index in [1.54, 1.807) is 7.11 Å². The van der Waals surface area contributed by atoms with Gasteiger partial charge >= 0.3 is 0 Å². The molecule has 6 fully saturated rings. The van der Waals surface area contributed by atoms with Crippen molar-refractivity contribution in [1.82, 2.24) is 0 Å². The topological polar surface area (TPSA) is 69.6 Å². The van der Waals surface area contributed by atoms with Crippen LogP contribution in [-0.2, 0) is 18.9 Å². The number of hydrogen-bond acceptors (Lipinski definition) is 7. The molecule has 6 aliphatic rings. The monoisotopic (exact) mass is 513 g/mol. The number of fused-ring (bicyclic) bond motifs is 1. The lowest BCUT2D eigenvalue weighted by Crippen LogP contribution is -2.79. The second-order valence-corrected chi connectivity index (χ2v) is 12.9. The van der Waals surface area contributed by atoms with Gasteiger partial charge in [-0.2, -0.15) is 0 Å². The van der Waals surface area contributed by atoms with E-state index in [-0.39, 0.29) is 40.6 Å². The van der Waals surface area contributed by atoms with Crippen molar-refractivity contribution in [2.75, 3.05) is 53.6 Å². The van der Waals surface area contributed by atoms with Crippen LogP contribution in [0.5, 0.6) is 5.75 Å². The molecule has 1 N–H and O–H groups in total. The summed E-state index contributed by atoms with van der Waals surface area (Å²) in [6.45, 7) is 1.65. The molecule has 0 aromatic heterocycles. The summed E-state index contributed by atoms with van der Waals surface area (Å²) in [7, 11) is 9.19. The van der Waals surface area contributed by atoms with E-state index in [9.17, 15) is 5.11 Å². The number of methoxy groups -OCH3 is 5. The van der Waals surface area contributed by atoms with E-state index in [0.29, 0.717) is 30.3 Å². The first-order valence-electron chi connectivity index (χ1n) is 14.1. The van der Waals surface area contributed by atoms with Gasteiger partial charge in [0.25, 0.3) is 0 Å². The Kier molecular flexibility index (Phi) is 5.54. The minimum Gasteiger partial charge on any atom is -0.497 e. The zero-order valence-electron chi connectivity index (χ0n) is 22.9. The minimum atomic E-state index is -0.409. The average molecular weight is 514 g/mol. The van der Waals surface area contributed by atoms with Crippen molar-refractivity contribution in [3.63, 3.8) is 0 Å². The molecule has 7 bridgehead atoms. The lowest BCUT2D eigenvalue weighted by atomic mass is 9.40. The van der Waals surface area contributed by atoms with Gasteiger partial charge in [-0.25, -0.2) is 0 Å². The third-order valence-electron chi connectivity index (χ3n) is 12.4. The number of piperidine rings is 1. The van der Waals surface area contributed by atoms with Gasteiger partial charge in [0.15, 0.2) is 0 Å². The summed E-state index contributed by atoms with van der Waals surface area (Å²) in [6, 6.07) is 8.70. The molecule has 7 rings (SSSR count). The molecule has 12 atom stereocenters. The largest absolute Gasteiger partial charge is 0.497 e. The van der Waals surface area contributed by atoms with Crippen LogP contribution in [0.3, 0.4) is 0 Å². The molecule has 0 radical (unpaired) electrons. The highest BCUT2D eigenvalue weighted by molar-refractivity contribution is 5.55. The lowest BCUT2D eigenvalue weighted by molar-refractivity contribution is -0.248. The standard InChI is InChI=1S/C30H43NO6/c1-33-16-28-11-10-24(36-4)30-20-12-19-21(35-3)14-29(23(32)13-22(28)30,25(20)26(19)37-5)27(30)31(15-28)17-6-8-18(34-2)9-7-17/h6-9,19-27,32H,10-16H2,1-5H3/t19?,20?,21-,22?,23+,24-,25?,26-,27+,28-,29-,30?/m0/s1. The second kappa shape index (κ2) is 8.31. The van der Waals surface area contributed by atoms with Gasteiger partial charge in [-0.3, -0.25) is 0 Å². The summed E-state index contributed by atoms with van der Waals surface area (Å²) in [6.07, 6.45) is 4.85. The normalized spacial score (nSPS) is 50.9. The van der Waals surface area contributed by atoms with Gasteiger partial charge in [0, 0.05) is 68.9 Å². The van der Waals surface area contributed by atoms with Crippen LogP contribution in [0.4, 0.5) is 5.69 Å². The number of aliphatic hydroxyl groups excluding tert-OH is 1. The van der Waals surface area contributed by atoms with Gasteiger partial charge in [0.05, 0.1) is 38.1 Å². The predicted molar refractivity (Wildman–Crippen MR) is 139 cm³/mol. The number of rotatable bonds is 7. The predicted octanol–water partition coefficient (Wildman–Crippen LogP) is 3.38. The first-order chi connectivity index (χ1) is 18.0. The molecule has 7 nitrogen and oxygen atoms in total. The number of benzene rings is 1. The van der Waals surface area contributed by atoms with Gasteiger partial charge in [-0.05, 0) is 74.1 Å². The van der Waals surface area contributed by atoms with Crippen molar-refractivity contribution in [2.24, 2.45) is 39.9 Å². The highest BCUT2D eigenvalue weighted by atomic mass is 16.5. The molecular weight excluding hydrogens is 470 g/mol. The number of aliphatic hydroxyl groups is 1. The molecule has 37 heavy (non-hydrogen) atoms. The summed E-state index contributed by atoms with van der Waals surface area (Å²) >= 11 is 0. The molecule has 5 aliphatic carbocycles. The fraction of sp³-hybridized carbons (Fsp3) is 0.800. The van der Waals surface area contributed by atoms with Crippen LogP contribution < -0.4 is 9.64 Å². The van der Waals surface area contributed by atoms with Crippen LogP contribution in [0.2, 0.25) is 0 Å². The van der Waals surface area contributed by atoms with Crippen LogP contribution in [0.1, 0.15) is 32.1 Å². The number of hydrogen-bond donors (Lipinski definition) is 1. The molecule has 1 saturated heterocycles. The molecule has 5 saturated carbocycles.